The van der Waals surface area contributed by atoms with Gasteiger partial charge in [0.25, 0.3) is 11.6 Å². The topological polar surface area (TPSA) is 124 Å². The normalized spacial score (nSPS) is 11.9. The molecule has 0 aliphatic rings. The van der Waals surface area contributed by atoms with E-state index in [1.807, 2.05) is 0 Å². The van der Waals surface area contributed by atoms with E-state index in [1.54, 1.807) is 6.92 Å². The Bertz CT molecular complexity index is 447. The molecule has 1 aromatic carbocycles. The third kappa shape index (κ3) is 3.15. The van der Waals surface area contributed by atoms with Crippen LogP contribution in [0.4, 0.5) is 11.4 Å². The number of carbonyl (C=O) groups is 1. The van der Waals surface area contributed by atoms with Crippen LogP contribution < -0.4 is 16.8 Å². The molecule has 7 heteroatoms. The maximum Gasteiger partial charge on any atom is 0.270 e. The lowest BCUT2D eigenvalue weighted by atomic mass is 10.1. The molecule has 0 aromatic heterocycles. The van der Waals surface area contributed by atoms with Crippen LogP contribution in [-0.4, -0.2) is 23.4 Å². The van der Waals surface area contributed by atoms with Crippen molar-refractivity contribution in [1.29, 1.82) is 0 Å². The monoisotopic (exact) mass is 238 g/mol. The largest absolute Gasteiger partial charge is 0.398 e. The minimum absolute atomic E-state index is 0.0829. The van der Waals surface area contributed by atoms with Crippen molar-refractivity contribution in [1.82, 2.24) is 5.32 Å². The summed E-state index contributed by atoms with van der Waals surface area (Å²) in [6, 6.07) is 3.51. The number of nitro benzene ring substituents is 1. The summed E-state index contributed by atoms with van der Waals surface area (Å²) < 4.78 is 0. The van der Waals surface area contributed by atoms with E-state index in [9.17, 15) is 14.9 Å². The molecule has 7 nitrogen and oxygen atoms in total. The van der Waals surface area contributed by atoms with Crippen molar-refractivity contribution in [3.63, 3.8) is 0 Å². The highest BCUT2D eigenvalue weighted by atomic mass is 16.6. The van der Waals surface area contributed by atoms with E-state index in [0.717, 1.165) is 6.07 Å². The molecule has 1 atom stereocenters. The first-order valence-corrected chi connectivity index (χ1v) is 5.00. The number of carbonyl (C=O) groups excluding carboxylic acids is 1. The molecule has 5 N–H and O–H groups in total. The number of non-ortho nitro benzene ring substituents is 1. The highest BCUT2D eigenvalue weighted by Gasteiger charge is 2.16. The standard InChI is InChI=1S/C10H14N4O3/c1-6(5-11)13-10(15)8-4-7(14(16)17)2-3-9(8)12/h2-4,6H,5,11-12H2,1H3,(H,13,15)/t6-/m1/s1. The molecular formula is C10H14N4O3. The van der Waals surface area contributed by atoms with E-state index in [-0.39, 0.29) is 29.5 Å². The van der Waals surface area contributed by atoms with Crippen molar-refractivity contribution in [3.8, 4) is 0 Å². The van der Waals surface area contributed by atoms with E-state index in [0.29, 0.717) is 0 Å². The number of nitrogen functional groups attached to an aromatic ring is 1. The lowest BCUT2D eigenvalue weighted by Gasteiger charge is -2.12. The van der Waals surface area contributed by atoms with Crippen LogP contribution in [0.1, 0.15) is 17.3 Å². The summed E-state index contributed by atoms with van der Waals surface area (Å²) in [5, 5.41) is 13.2. The zero-order chi connectivity index (χ0) is 13.0. The molecule has 0 bridgehead atoms. The first-order valence-electron chi connectivity index (χ1n) is 5.00. The van der Waals surface area contributed by atoms with Gasteiger partial charge in [-0.25, -0.2) is 0 Å². The highest BCUT2D eigenvalue weighted by molar-refractivity contribution is 5.99. The Morgan fingerprint density at radius 1 is 1.59 bits per heavy atom. The van der Waals surface area contributed by atoms with Gasteiger partial charge in [-0.15, -0.1) is 0 Å². The Morgan fingerprint density at radius 3 is 2.76 bits per heavy atom. The zero-order valence-corrected chi connectivity index (χ0v) is 9.34. The summed E-state index contributed by atoms with van der Waals surface area (Å²) in [6.07, 6.45) is 0. The number of nitro groups is 1. The van der Waals surface area contributed by atoms with E-state index < -0.39 is 10.8 Å². The number of rotatable bonds is 4. The third-order valence-electron chi connectivity index (χ3n) is 2.22. The summed E-state index contributed by atoms with van der Waals surface area (Å²) >= 11 is 0. The SMILES string of the molecule is C[C@H](CN)NC(=O)c1cc([N+](=O)[O-])ccc1N. The Morgan fingerprint density at radius 2 is 2.24 bits per heavy atom. The second-order valence-corrected chi connectivity index (χ2v) is 3.64. The fourth-order valence-corrected chi connectivity index (χ4v) is 1.21. The van der Waals surface area contributed by atoms with Crippen molar-refractivity contribution >= 4 is 17.3 Å². The molecule has 0 aliphatic carbocycles. The smallest absolute Gasteiger partial charge is 0.270 e. The molecule has 1 amide bonds. The maximum atomic E-state index is 11.7. The minimum Gasteiger partial charge on any atom is -0.398 e. The number of amides is 1. The van der Waals surface area contributed by atoms with Gasteiger partial charge in [0.1, 0.15) is 0 Å². The van der Waals surface area contributed by atoms with E-state index in [2.05, 4.69) is 5.32 Å². The third-order valence-corrected chi connectivity index (χ3v) is 2.22. The number of nitrogens with two attached hydrogens (primary N) is 2. The fourth-order valence-electron chi connectivity index (χ4n) is 1.21. The number of benzene rings is 1. The number of hydrogen-bond acceptors (Lipinski definition) is 5. The van der Waals surface area contributed by atoms with Crippen LogP contribution in [0.3, 0.4) is 0 Å². The molecule has 0 unspecified atom stereocenters. The van der Waals surface area contributed by atoms with Crippen LogP contribution in [0, 0.1) is 10.1 Å². The van der Waals surface area contributed by atoms with E-state index in [1.165, 1.54) is 12.1 Å². The van der Waals surface area contributed by atoms with Crippen LogP contribution in [-0.2, 0) is 0 Å². The molecule has 1 aromatic rings. The first kappa shape index (κ1) is 12.9. The molecule has 92 valence electrons. The molecule has 0 saturated carbocycles. The second kappa shape index (κ2) is 5.26. The van der Waals surface area contributed by atoms with Gasteiger partial charge >= 0.3 is 0 Å². The lowest BCUT2D eigenvalue weighted by Crippen LogP contribution is -2.38. The average molecular weight is 238 g/mol. The second-order valence-electron chi connectivity index (χ2n) is 3.64. The number of hydrogen-bond donors (Lipinski definition) is 3. The Kier molecular flexibility index (Phi) is 4.00. The van der Waals surface area contributed by atoms with Crippen molar-refractivity contribution < 1.29 is 9.72 Å². The summed E-state index contributed by atoms with van der Waals surface area (Å²) in [6.45, 7) is 2.01. The van der Waals surface area contributed by atoms with Crippen LogP contribution >= 0.6 is 0 Å². The number of nitrogens with zero attached hydrogens (tertiary/aromatic N) is 1. The maximum absolute atomic E-state index is 11.7. The van der Waals surface area contributed by atoms with Gasteiger partial charge in [0.05, 0.1) is 10.5 Å². The molecule has 0 spiro atoms. The van der Waals surface area contributed by atoms with Crippen molar-refractivity contribution in [2.75, 3.05) is 12.3 Å². The van der Waals surface area contributed by atoms with Crippen molar-refractivity contribution in [3.05, 3.63) is 33.9 Å². The van der Waals surface area contributed by atoms with E-state index >= 15 is 0 Å². The van der Waals surface area contributed by atoms with Crippen molar-refractivity contribution in [2.45, 2.75) is 13.0 Å². The van der Waals surface area contributed by atoms with Gasteiger partial charge in [0, 0.05) is 30.4 Å². The predicted octanol–water partition coefficient (Wildman–Crippen LogP) is 0.254. The molecule has 17 heavy (non-hydrogen) atoms. The zero-order valence-electron chi connectivity index (χ0n) is 9.34. The van der Waals surface area contributed by atoms with Crippen LogP contribution in [0.15, 0.2) is 18.2 Å². The Balaban J connectivity index is 3.00. The molecule has 0 fully saturated rings. The molecule has 0 saturated heterocycles. The Labute approximate surface area is 97.9 Å². The van der Waals surface area contributed by atoms with Gasteiger partial charge in [-0.1, -0.05) is 0 Å². The van der Waals surface area contributed by atoms with Gasteiger partial charge < -0.3 is 16.8 Å². The molecule has 1 rings (SSSR count). The van der Waals surface area contributed by atoms with E-state index in [4.69, 9.17) is 11.5 Å². The van der Waals surface area contributed by atoms with Gasteiger partial charge in [0.2, 0.25) is 0 Å². The number of nitrogens with one attached hydrogen (secondary N) is 1. The molecule has 0 heterocycles. The average Bonchev–Trinajstić information content (AvgIpc) is 2.28. The summed E-state index contributed by atoms with van der Waals surface area (Å²) in [5.41, 5.74) is 11.1. The van der Waals surface area contributed by atoms with Crippen LogP contribution in [0.5, 0.6) is 0 Å². The predicted molar refractivity (Wildman–Crippen MR) is 63.5 cm³/mol. The summed E-state index contributed by atoms with van der Waals surface area (Å²) in [7, 11) is 0. The highest BCUT2D eigenvalue weighted by Crippen LogP contribution is 2.19. The summed E-state index contributed by atoms with van der Waals surface area (Å²) in [5.74, 6) is -0.468. The summed E-state index contributed by atoms with van der Waals surface area (Å²) in [4.78, 5) is 21.7. The van der Waals surface area contributed by atoms with Crippen LogP contribution in [0.25, 0.3) is 0 Å². The Hall–Kier alpha value is -2.15. The van der Waals surface area contributed by atoms with Crippen LogP contribution in [0.2, 0.25) is 0 Å². The van der Waals surface area contributed by atoms with Gasteiger partial charge in [-0.05, 0) is 13.0 Å². The first-order chi connectivity index (χ1) is 7.95. The minimum atomic E-state index is -0.581. The van der Waals surface area contributed by atoms with Gasteiger partial charge in [-0.3, -0.25) is 14.9 Å². The van der Waals surface area contributed by atoms with Crippen molar-refractivity contribution in [2.24, 2.45) is 5.73 Å². The quantitative estimate of drug-likeness (QED) is 0.394. The molecule has 0 radical (unpaired) electrons. The lowest BCUT2D eigenvalue weighted by molar-refractivity contribution is -0.384. The molecular weight excluding hydrogens is 224 g/mol. The van der Waals surface area contributed by atoms with Gasteiger partial charge in [-0.2, -0.15) is 0 Å². The van der Waals surface area contributed by atoms with Gasteiger partial charge in [0.15, 0.2) is 0 Å². The molecule has 0 aliphatic heterocycles. The fraction of sp³-hybridized carbons (Fsp3) is 0.300. The number of anilines is 1.